The molecule has 1 heterocycles. The van der Waals surface area contributed by atoms with Gasteiger partial charge in [0, 0.05) is 0 Å². The second kappa shape index (κ2) is 2.84. The number of rotatable bonds is 0. The Bertz CT molecular complexity index is 298. The molecule has 1 amide bonds. The number of hydrogen-bond donors (Lipinski definition) is 1. The molecule has 2 nitrogen and oxygen atoms in total. The molecular formula is C8H7NOTe. The molecule has 1 aliphatic rings. The van der Waals surface area contributed by atoms with Crippen molar-refractivity contribution in [3.63, 3.8) is 0 Å². The Balaban J connectivity index is 2.41. The summed E-state index contributed by atoms with van der Waals surface area (Å²) in [5.74, 6) is 0.186. The van der Waals surface area contributed by atoms with Gasteiger partial charge in [-0.3, -0.25) is 0 Å². The van der Waals surface area contributed by atoms with Gasteiger partial charge in [-0.2, -0.15) is 0 Å². The predicted octanol–water partition coefficient (Wildman–Crippen LogP) is 0.387. The van der Waals surface area contributed by atoms with Crippen LogP contribution in [0.4, 0.5) is 5.69 Å². The Morgan fingerprint density at radius 2 is 2.18 bits per heavy atom. The molecule has 0 atom stereocenters. The molecule has 0 saturated carbocycles. The molecule has 56 valence electrons. The fraction of sp³-hybridized carbons (Fsp3) is 0.125. The molecular weight excluding hydrogens is 254 g/mol. The molecule has 1 N–H and O–H groups in total. The second-order valence-corrected chi connectivity index (χ2v) is 5.24. The second-order valence-electron chi connectivity index (χ2n) is 2.33. The zero-order chi connectivity index (χ0) is 7.68. The molecule has 1 aromatic rings. The summed E-state index contributed by atoms with van der Waals surface area (Å²) in [6.07, 6.45) is 0. The number of carbonyl (C=O) groups excluding carboxylic acids is 1. The van der Waals surface area contributed by atoms with E-state index in [-0.39, 0.29) is 26.8 Å². The van der Waals surface area contributed by atoms with Crippen LogP contribution in [0.25, 0.3) is 0 Å². The van der Waals surface area contributed by atoms with Crippen LogP contribution in [0.15, 0.2) is 24.3 Å². The Morgan fingerprint density at radius 1 is 1.36 bits per heavy atom. The fourth-order valence-electron chi connectivity index (χ4n) is 1.03. The number of anilines is 1. The molecule has 1 aromatic carbocycles. The van der Waals surface area contributed by atoms with Crippen molar-refractivity contribution < 1.29 is 4.79 Å². The molecule has 0 fully saturated rings. The van der Waals surface area contributed by atoms with E-state index in [0.717, 1.165) is 10.2 Å². The fourth-order valence-corrected chi connectivity index (χ4v) is 3.33. The minimum atomic E-state index is -0.227. The van der Waals surface area contributed by atoms with Crippen LogP contribution in [0, 0.1) is 0 Å². The van der Waals surface area contributed by atoms with Gasteiger partial charge in [0.25, 0.3) is 0 Å². The van der Waals surface area contributed by atoms with Crippen molar-refractivity contribution in [1.82, 2.24) is 0 Å². The number of hydrogen-bond acceptors (Lipinski definition) is 1. The van der Waals surface area contributed by atoms with E-state index in [0.29, 0.717) is 0 Å². The Hall–Kier alpha value is -0.520. The summed E-state index contributed by atoms with van der Waals surface area (Å²) in [6.45, 7) is 0. The van der Waals surface area contributed by atoms with Gasteiger partial charge in [-0.15, -0.1) is 0 Å². The van der Waals surface area contributed by atoms with Crippen molar-refractivity contribution in [3.8, 4) is 0 Å². The van der Waals surface area contributed by atoms with Crippen molar-refractivity contribution in [2.45, 2.75) is 4.47 Å². The van der Waals surface area contributed by atoms with Gasteiger partial charge >= 0.3 is 75.0 Å². The summed E-state index contributed by atoms with van der Waals surface area (Å²) in [5, 5.41) is 2.85. The molecule has 0 bridgehead atoms. The molecule has 0 aliphatic carbocycles. The SMILES string of the molecule is O=C1C[Te]c2ccccc2N1. The van der Waals surface area contributed by atoms with Gasteiger partial charge in [-0.25, -0.2) is 0 Å². The Kier molecular flexibility index (Phi) is 1.85. The van der Waals surface area contributed by atoms with Gasteiger partial charge in [0.1, 0.15) is 0 Å². The average Bonchev–Trinajstić information content (AvgIpc) is 2.04. The summed E-state index contributed by atoms with van der Waals surface area (Å²) >= 11 is -0.227. The van der Waals surface area contributed by atoms with E-state index in [1.54, 1.807) is 0 Å². The number of benzene rings is 1. The van der Waals surface area contributed by atoms with E-state index in [9.17, 15) is 4.79 Å². The molecule has 0 saturated heterocycles. The number of fused-ring (bicyclic) bond motifs is 1. The molecule has 11 heavy (non-hydrogen) atoms. The summed E-state index contributed by atoms with van der Waals surface area (Å²) in [6, 6.07) is 8.06. The van der Waals surface area contributed by atoms with Crippen LogP contribution in [0.2, 0.25) is 4.47 Å². The van der Waals surface area contributed by atoms with Crippen LogP contribution >= 0.6 is 0 Å². The molecule has 3 heteroatoms. The zero-order valence-electron chi connectivity index (χ0n) is 5.83. The number of nitrogens with one attached hydrogen (secondary N) is 1. The van der Waals surface area contributed by atoms with Crippen LogP contribution in [0.1, 0.15) is 0 Å². The predicted molar refractivity (Wildman–Crippen MR) is 45.3 cm³/mol. The van der Waals surface area contributed by atoms with Crippen LogP contribution in [-0.2, 0) is 4.79 Å². The van der Waals surface area contributed by atoms with E-state index in [2.05, 4.69) is 11.4 Å². The van der Waals surface area contributed by atoms with E-state index < -0.39 is 0 Å². The Morgan fingerprint density at radius 3 is 3.09 bits per heavy atom. The van der Waals surface area contributed by atoms with Crippen molar-refractivity contribution in [2.24, 2.45) is 0 Å². The first kappa shape index (κ1) is 7.15. The number of amides is 1. The number of carbonyl (C=O) groups is 1. The summed E-state index contributed by atoms with van der Waals surface area (Å²) in [4.78, 5) is 10.9. The molecule has 0 spiro atoms. The van der Waals surface area contributed by atoms with Gasteiger partial charge in [0.2, 0.25) is 0 Å². The van der Waals surface area contributed by atoms with E-state index in [1.165, 1.54) is 3.61 Å². The maximum absolute atomic E-state index is 10.9. The maximum atomic E-state index is 10.9. The van der Waals surface area contributed by atoms with Gasteiger partial charge in [0.15, 0.2) is 0 Å². The molecule has 2 rings (SSSR count). The summed E-state index contributed by atoms with van der Waals surface area (Å²) in [5.41, 5.74) is 1.03. The van der Waals surface area contributed by atoms with Crippen molar-refractivity contribution in [1.29, 1.82) is 0 Å². The van der Waals surface area contributed by atoms with Crippen molar-refractivity contribution in [3.05, 3.63) is 24.3 Å². The van der Waals surface area contributed by atoms with E-state index in [4.69, 9.17) is 0 Å². The van der Waals surface area contributed by atoms with Gasteiger partial charge in [-0.05, 0) is 0 Å². The van der Waals surface area contributed by atoms with Gasteiger partial charge in [-0.1, -0.05) is 0 Å². The third-order valence-corrected chi connectivity index (χ3v) is 4.58. The van der Waals surface area contributed by atoms with Crippen molar-refractivity contribution in [2.75, 3.05) is 5.32 Å². The first-order valence-electron chi connectivity index (χ1n) is 3.38. The summed E-state index contributed by atoms with van der Waals surface area (Å²) in [7, 11) is 0. The van der Waals surface area contributed by atoms with Crippen LogP contribution in [0.5, 0.6) is 0 Å². The Labute approximate surface area is 75.1 Å². The van der Waals surface area contributed by atoms with E-state index in [1.807, 2.05) is 18.2 Å². The zero-order valence-corrected chi connectivity index (χ0v) is 8.16. The summed E-state index contributed by atoms with van der Waals surface area (Å²) < 4.78 is 2.12. The first-order valence-corrected chi connectivity index (χ1v) is 6.19. The monoisotopic (exact) mass is 263 g/mol. The standard InChI is InChI=1S/C8H7NOTe/c10-8-5-11-7-4-2-1-3-6(7)9-8/h1-4H,5H2,(H,9,10). The van der Waals surface area contributed by atoms with Crippen LogP contribution in [-0.4, -0.2) is 26.8 Å². The minimum absolute atomic E-state index is 0.186. The molecule has 0 aromatic heterocycles. The third kappa shape index (κ3) is 1.40. The number of para-hydroxylation sites is 1. The topological polar surface area (TPSA) is 29.1 Å². The van der Waals surface area contributed by atoms with Crippen LogP contribution < -0.4 is 8.93 Å². The quantitative estimate of drug-likeness (QED) is 0.672. The molecule has 0 radical (unpaired) electrons. The van der Waals surface area contributed by atoms with Gasteiger partial charge in [0.05, 0.1) is 0 Å². The average molecular weight is 261 g/mol. The molecule has 1 aliphatic heterocycles. The van der Waals surface area contributed by atoms with Crippen LogP contribution in [0.3, 0.4) is 0 Å². The third-order valence-electron chi connectivity index (χ3n) is 1.52. The van der Waals surface area contributed by atoms with E-state index >= 15 is 0 Å². The normalized spacial score (nSPS) is 15.5. The van der Waals surface area contributed by atoms with Crippen molar-refractivity contribution >= 4 is 36.1 Å². The van der Waals surface area contributed by atoms with Gasteiger partial charge < -0.3 is 0 Å². The first-order chi connectivity index (χ1) is 5.36. The molecule has 0 unspecified atom stereocenters.